The topological polar surface area (TPSA) is 102 Å². The average molecular weight is 774 g/mol. The predicted molar refractivity (Wildman–Crippen MR) is 230 cm³/mol. The van der Waals surface area contributed by atoms with E-state index in [1.165, 1.54) is 0 Å². The number of carboxylic acids is 1. The molecule has 56 heavy (non-hydrogen) atoms. The van der Waals surface area contributed by atoms with Crippen LogP contribution in [0.4, 0.5) is 0 Å². The van der Waals surface area contributed by atoms with Crippen LogP contribution in [0, 0.1) is 0 Å². The van der Waals surface area contributed by atoms with Crippen LogP contribution < -0.4 is 5.11 Å². The number of nitrogens with zero attached hydrogens (tertiary/aromatic N) is 1. The number of allylic oxidation sites excluding steroid dienone is 22. The second-order valence-electron chi connectivity index (χ2n) is 14.0. The van der Waals surface area contributed by atoms with Crippen molar-refractivity contribution in [1.29, 1.82) is 0 Å². The van der Waals surface area contributed by atoms with Crippen LogP contribution in [0.1, 0.15) is 97.3 Å². The predicted octanol–water partition coefficient (Wildman–Crippen LogP) is 9.51. The minimum atomic E-state index is -1.15. The van der Waals surface area contributed by atoms with Gasteiger partial charge in [0, 0.05) is 19.3 Å². The summed E-state index contributed by atoms with van der Waals surface area (Å²) in [5, 5.41) is 11.6. The van der Waals surface area contributed by atoms with Gasteiger partial charge >= 0.3 is 11.9 Å². The molecule has 2 atom stereocenters. The van der Waals surface area contributed by atoms with E-state index >= 15 is 0 Å². The first-order chi connectivity index (χ1) is 27.1. The fraction of sp³-hybridized carbons (Fsp3) is 0.479. The molecule has 0 aromatic rings. The van der Waals surface area contributed by atoms with Crippen LogP contribution in [0.15, 0.2) is 134 Å². The first kappa shape index (κ1) is 51.5. The lowest BCUT2D eigenvalue weighted by Crippen LogP contribution is -2.55. The minimum Gasteiger partial charge on any atom is -0.544 e. The van der Waals surface area contributed by atoms with Gasteiger partial charge < -0.3 is 28.6 Å². The second kappa shape index (κ2) is 37.4. The zero-order valence-corrected chi connectivity index (χ0v) is 35.0. The van der Waals surface area contributed by atoms with E-state index < -0.39 is 18.1 Å². The van der Waals surface area contributed by atoms with Gasteiger partial charge in [0.05, 0.1) is 40.3 Å². The molecule has 0 saturated heterocycles. The number of quaternary nitrogens is 1. The van der Waals surface area contributed by atoms with Crippen LogP contribution in [-0.4, -0.2) is 75.5 Å². The molecule has 0 saturated carbocycles. The van der Waals surface area contributed by atoms with Gasteiger partial charge in [-0.15, -0.1) is 0 Å². The lowest BCUT2D eigenvalue weighted by molar-refractivity contribution is -0.889. The van der Waals surface area contributed by atoms with Gasteiger partial charge in [-0.2, -0.15) is 0 Å². The van der Waals surface area contributed by atoms with E-state index in [9.17, 15) is 19.5 Å². The van der Waals surface area contributed by atoms with Crippen molar-refractivity contribution in [2.45, 2.75) is 109 Å². The smallest absolute Gasteiger partial charge is 0.306 e. The summed E-state index contributed by atoms with van der Waals surface area (Å²) in [6, 6.07) is -0.750. The summed E-state index contributed by atoms with van der Waals surface area (Å²) in [6.07, 6.45) is 53.3. The number of aliphatic carboxylic acids is 1. The van der Waals surface area contributed by atoms with Crippen molar-refractivity contribution < 1.29 is 38.2 Å². The number of hydrogen-bond acceptors (Lipinski definition) is 7. The number of carbonyl (C=O) groups is 3. The normalized spacial score (nSPS) is 14.4. The van der Waals surface area contributed by atoms with E-state index in [4.69, 9.17) is 14.2 Å². The van der Waals surface area contributed by atoms with Gasteiger partial charge in [0.1, 0.15) is 12.6 Å². The maximum Gasteiger partial charge on any atom is 0.306 e. The molecule has 0 aromatic carbocycles. The molecule has 0 fully saturated rings. The molecule has 0 radical (unpaired) electrons. The molecule has 0 N–H and O–H groups in total. The zero-order chi connectivity index (χ0) is 41.4. The monoisotopic (exact) mass is 774 g/mol. The highest BCUT2D eigenvalue weighted by Crippen LogP contribution is 2.11. The summed E-state index contributed by atoms with van der Waals surface area (Å²) in [4.78, 5) is 36.8. The van der Waals surface area contributed by atoms with Gasteiger partial charge in [-0.05, 0) is 51.4 Å². The molecule has 8 nitrogen and oxygen atoms in total. The van der Waals surface area contributed by atoms with Crippen molar-refractivity contribution in [2.24, 2.45) is 0 Å². The lowest BCUT2D eigenvalue weighted by Gasteiger charge is -2.34. The number of hydrogen-bond donors (Lipinski definition) is 0. The zero-order valence-electron chi connectivity index (χ0n) is 35.0. The molecular weight excluding hydrogens is 703 g/mol. The Balaban J connectivity index is 4.59. The molecule has 0 rings (SSSR count). The van der Waals surface area contributed by atoms with Crippen LogP contribution >= 0.6 is 0 Å². The Morgan fingerprint density at radius 2 is 0.946 bits per heavy atom. The first-order valence-electron chi connectivity index (χ1n) is 20.4. The summed E-state index contributed by atoms with van der Waals surface area (Å²) < 4.78 is 17.0. The number of unbranched alkanes of at least 4 members (excludes halogenated alkanes) is 6. The summed E-state index contributed by atoms with van der Waals surface area (Å²) in [7, 11) is 5.35. The van der Waals surface area contributed by atoms with E-state index in [0.717, 1.165) is 51.4 Å². The van der Waals surface area contributed by atoms with Crippen molar-refractivity contribution in [3.63, 3.8) is 0 Å². The van der Waals surface area contributed by atoms with Crippen molar-refractivity contribution in [3.05, 3.63) is 134 Å². The first-order valence-corrected chi connectivity index (χ1v) is 20.4. The van der Waals surface area contributed by atoms with Crippen LogP contribution in [0.3, 0.4) is 0 Å². The summed E-state index contributed by atoms with van der Waals surface area (Å²) in [5.41, 5.74) is 0. The van der Waals surface area contributed by atoms with E-state index in [0.29, 0.717) is 12.8 Å². The van der Waals surface area contributed by atoms with Gasteiger partial charge in [-0.1, -0.05) is 160 Å². The van der Waals surface area contributed by atoms with Gasteiger partial charge in [0.2, 0.25) is 0 Å². The molecule has 8 heteroatoms. The fourth-order valence-corrected chi connectivity index (χ4v) is 4.94. The minimum absolute atomic E-state index is 0.00180. The van der Waals surface area contributed by atoms with Gasteiger partial charge in [-0.25, -0.2) is 0 Å². The molecule has 0 amide bonds. The van der Waals surface area contributed by atoms with Gasteiger partial charge in [0.15, 0.2) is 6.10 Å². The van der Waals surface area contributed by atoms with E-state index in [2.05, 4.69) is 38.2 Å². The van der Waals surface area contributed by atoms with Crippen LogP contribution in [0.2, 0.25) is 0 Å². The van der Waals surface area contributed by atoms with E-state index in [-0.39, 0.29) is 55.5 Å². The van der Waals surface area contributed by atoms with Crippen LogP contribution in [0.25, 0.3) is 0 Å². The fourth-order valence-electron chi connectivity index (χ4n) is 4.94. The highest BCUT2D eigenvalue weighted by Gasteiger charge is 2.25. The maximum atomic E-state index is 12.7. The summed E-state index contributed by atoms with van der Waals surface area (Å²) in [5.74, 6) is -1.87. The lowest BCUT2D eigenvalue weighted by atomic mass is 10.1. The molecule has 310 valence electrons. The summed E-state index contributed by atoms with van der Waals surface area (Å²) in [6.45, 7) is 4.23. The Morgan fingerprint density at radius 3 is 1.36 bits per heavy atom. The van der Waals surface area contributed by atoms with Crippen molar-refractivity contribution >= 4 is 17.9 Å². The Bertz CT molecular complexity index is 1370. The molecule has 2 unspecified atom stereocenters. The number of carbonyl (C=O) groups excluding carboxylic acids is 3. The van der Waals surface area contributed by atoms with Crippen molar-refractivity contribution in [3.8, 4) is 0 Å². The summed E-state index contributed by atoms with van der Waals surface area (Å²) >= 11 is 0. The third-order valence-corrected chi connectivity index (χ3v) is 8.07. The number of esters is 2. The molecule has 0 heterocycles. The second-order valence-corrected chi connectivity index (χ2v) is 14.0. The Kier molecular flexibility index (Phi) is 34.4. The van der Waals surface area contributed by atoms with Gasteiger partial charge in [-0.3, -0.25) is 9.59 Å². The number of ether oxygens (including phenoxy) is 3. The highest BCUT2D eigenvalue weighted by molar-refractivity contribution is 5.70. The Morgan fingerprint density at radius 1 is 0.536 bits per heavy atom. The van der Waals surface area contributed by atoms with Crippen molar-refractivity contribution in [1.82, 2.24) is 0 Å². The van der Waals surface area contributed by atoms with Gasteiger partial charge in [0.25, 0.3) is 0 Å². The molecule has 0 aromatic heterocycles. The maximum absolute atomic E-state index is 12.7. The number of rotatable bonds is 33. The quantitative estimate of drug-likeness (QED) is 0.0283. The van der Waals surface area contributed by atoms with E-state index in [1.807, 2.05) is 109 Å². The molecule has 0 aliphatic rings. The molecule has 0 bridgehead atoms. The Labute approximate surface area is 339 Å². The van der Waals surface area contributed by atoms with E-state index in [1.54, 1.807) is 21.1 Å². The molecule has 0 aliphatic heterocycles. The largest absolute Gasteiger partial charge is 0.544 e. The molecule has 0 aliphatic carbocycles. The van der Waals surface area contributed by atoms with Crippen molar-refractivity contribution in [2.75, 3.05) is 41.0 Å². The molecular formula is C48H71NO7. The third kappa shape index (κ3) is 35.2. The average Bonchev–Trinajstić information content (AvgIpc) is 3.15. The highest BCUT2D eigenvalue weighted by atomic mass is 16.6. The van der Waals surface area contributed by atoms with Crippen LogP contribution in [-0.2, 0) is 28.6 Å². The number of likely N-dealkylation sites (N-methyl/N-ethyl adjacent to an activating group) is 1. The van der Waals surface area contributed by atoms with Crippen LogP contribution in [0.5, 0.6) is 0 Å². The SMILES string of the molecule is CC/C=C/C=C/C=C/C=C/C=C/C=C/C=C/CCCCCC(=O)OCC(COCCC(C(=O)[O-])[N+](C)(C)C)OC(=O)CCCCC/C=C/C=C/C=C/C=C/CC. The third-order valence-electron chi connectivity index (χ3n) is 8.07. The standard InChI is InChI=1S/C48H71NO7/c1-6-8-10-12-14-16-18-20-21-22-23-24-25-27-28-30-32-34-36-38-46(50)55-43-44(42-54-41-40-45(48(52)53)49(3,4)5)56-47(51)39-37-35-33-31-29-26-19-17-15-13-11-9-7-2/h8-29,44-45H,6-7,30-43H2,1-5H3/b10-8+,11-9+,14-12+,15-13+,18-16+,19-17+,21-20+,23-22+,25-24+,28-27+,29-26+. The Hall–Kier alpha value is -4.53. The number of carboxylic acid groups (broad SMARTS) is 1. The molecule has 0 spiro atoms.